The van der Waals surface area contributed by atoms with Crippen molar-refractivity contribution in [2.75, 3.05) is 26.1 Å². The maximum Gasteiger partial charge on any atom is 0.340 e. The number of carbonyl (C=O) groups is 1. The lowest BCUT2D eigenvalue weighted by molar-refractivity contribution is 0.0601. The Morgan fingerprint density at radius 3 is 3.00 bits per heavy atom. The highest BCUT2D eigenvalue weighted by molar-refractivity contribution is 5.95. The van der Waals surface area contributed by atoms with Crippen LogP contribution in [-0.2, 0) is 4.74 Å². The number of ether oxygens (including phenoxy) is 2. The second-order valence-electron chi connectivity index (χ2n) is 3.03. The fourth-order valence-corrected chi connectivity index (χ4v) is 1.05. The molecule has 0 radical (unpaired) electrons. The highest BCUT2D eigenvalue weighted by Crippen LogP contribution is 2.17. The summed E-state index contributed by atoms with van der Waals surface area (Å²) < 4.78 is 9.76. The molecule has 0 bridgehead atoms. The van der Waals surface area contributed by atoms with E-state index in [1.54, 1.807) is 0 Å². The fraction of sp³-hybridized carbons (Fsp3) is 0.400. The number of carbonyl (C=O) groups excluding carboxylic acids is 1. The summed E-state index contributed by atoms with van der Waals surface area (Å²) in [4.78, 5) is 15.2. The molecule has 0 atom stereocenters. The standard InChI is InChI=1S/C10H14N2O4/c1-15-10(14)7-5-9(12-6-8(7)11)16-4-2-3-13/h5-6,13H,2-4,11H2,1H3. The molecule has 1 heterocycles. The summed E-state index contributed by atoms with van der Waals surface area (Å²) in [6.45, 7) is 0.368. The third kappa shape index (κ3) is 3.09. The first-order chi connectivity index (χ1) is 7.69. The lowest BCUT2D eigenvalue weighted by atomic mass is 10.2. The third-order valence-corrected chi connectivity index (χ3v) is 1.87. The molecule has 0 aliphatic rings. The molecule has 0 saturated carbocycles. The Kier molecular flexibility index (Phi) is 4.53. The number of anilines is 1. The van der Waals surface area contributed by atoms with Gasteiger partial charge >= 0.3 is 5.97 Å². The van der Waals surface area contributed by atoms with Crippen LogP contribution in [0.1, 0.15) is 16.8 Å². The van der Waals surface area contributed by atoms with Crippen molar-refractivity contribution in [3.8, 4) is 5.88 Å². The van der Waals surface area contributed by atoms with Crippen molar-refractivity contribution in [1.29, 1.82) is 0 Å². The Morgan fingerprint density at radius 2 is 2.38 bits per heavy atom. The van der Waals surface area contributed by atoms with E-state index in [0.717, 1.165) is 0 Å². The van der Waals surface area contributed by atoms with Crippen LogP contribution in [0.15, 0.2) is 12.3 Å². The van der Waals surface area contributed by atoms with Crippen LogP contribution in [0.25, 0.3) is 0 Å². The van der Waals surface area contributed by atoms with Gasteiger partial charge in [0, 0.05) is 19.1 Å². The van der Waals surface area contributed by atoms with E-state index in [-0.39, 0.29) is 23.7 Å². The number of hydrogen-bond acceptors (Lipinski definition) is 6. The Labute approximate surface area is 93.0 Å². The number of hydrogen-bond donors (Lipinski definition) is 2. The summed E-state index contributed by atoms with van der Waals surface area (Å²) in [6.07, 6.45) is 1.83. The number of nitrogens with two attached hydrogens (primary N) is 1. The van der Waals surface area contributed by atoms with Gasteiger partial charge in [0.25, 0.3) is 0 Å². The quantitative estimate of drug-likeness (QED) is 0.550. The van der Waals surface area contributed by atoms with Crippen LogP contribution in [0.2, 0.25) is 0 Å². The first-order valence-electron chi connectivity index (χ1n) is 4.76. The summed E-state index contributed by atoms with van der Waals surface area (Å²) in [5, 5.41) is 8.57. The maximum atomic E-state index is 11.3. The molecule has 0 aliphatic carbocycles. The highest BCUT2D eigenvalue weighted by atomic mass is 16.5. The normalized spacial score (nSPS) is 9.88. The van der Waals surface area contributed by atoms with Crippen LogP contribution >= 0.6 is 0 Å². The molecule has 1 aromatic heterocycles. The Balaban J connectivity index is 2.77. The molecule has 16 heavy (non-hydrogen) atoms. The molecule has 88 valence electrons. The SMILES string of the molecule is COC(=O)c1cc(OCCCO)ncc1N. The number of nitrogens with zero attached hydrogens (tertiary/aromatic N) is 1. The molecule has 0 fully saturated rings. The van der Waals surface area contributed by atoms with Gasteiger partial charge in [-0.3, -0.25) is 0 Å². The van der Waals surface area contributed by atoms with Crippen LogP contribution < -0.4 is 10.5 Å². The predicted molar refractivity (Wildman–Crippen MR) is 57.2 cm³/mol. The first-order valence-corrected chi connectivity index (χ1v) is 4.76. The summed E-state index contributed by atoms with van der Waals surface area (Å²) in [7, 11) is 1.27. The molecule has 1 aromatic rings. The van der Waals surface area contributed by atoms with Crippen molar-refractivity contribution < 1.29 is 19.4 Å². The summed E-state index contributed by atoms with van der Waals surface area (Å²) in [6, 6.07) is 1.42. The van der Waals surface area contributed by atoms with E-state index in [4.69, 9.17) is 15.6 Å². The number of rotatable bonds is 5. The number of aliphatic hydroxyl groups is 1. The van der Waals surface area contributed by atoms with Gasteiger partial charge in [0.05, 0.1) is 31.2 Å². The van der Waals surface area contributed by atoms with Gasteiger partial charge in [0.15, 0.2) is 0 Å². The van der Waals surface area contributed by atoms with Crippen molar-refractivity contribution in [2.45, 2.75) is 6.42 Å². The lowest BCUT2D eigenvalue weighted by Crippen LogP contribution is -2.08. The zero-order chi connectivity index (χ0) is 12.0. The average molecular weight is 226 g/mol. The summed E-state index contributed by atoms with van der Waals surface area (Å²) >= 11 is 0. The zero-order valence-electron chi connectivity index (χ0n) is 8.97. The van der Waals surface area contributed by atoms with Crippen LogP contribution in [0, 0.1) is 0 Å². The molecule has 3 N–H and O–H groups in total. The van der Waals surface area contributed by atoms with Crippen LogP contribution in [0.4, 0.5) is 5.69 Å². The van der Waals surface area contributed by atoms with Crippen molar-refractivity contribution in [3.63, 3.8) is 0 Å². The van der Waals surface area contributed by atoms with Gasteiger partial charge in [-0.2, -0.15) is 0 Å². The number of esters is 1. The molecule has 0 saturated heterocycles. The van der Waals surface area contributed by atoms with Crippen molar-refractivity contribution in [2.24, 2.45) is 0 Å². The lowest BCUT2D eigenvalue weighted by Gasteiger charge is -2.07. The minimum Gasteiger partial charge on any atom is -0.478 e. The topological polar surface area (TPSA) is 94.7 Å². The van der Waals surface area contributed by atoms with Crippen molar-refractivity contribution in [3.05, 3.63) is 17.8 Å². The molecule has 1 rings (SSSR count). The summed E-state index contributed by atoms with van der Waals surface area (Å²) in [5.74, 6) is -0.255. The second kappa shape index (κ2) is 5.92. The van der Waals surface area contributed by atoms with E-state index in [9.17, 15) is 4.79 Å². The summed E-state index contributed by atoms with van der Waals surface area (Å²) in [5.41, 5.74) is 6.02. The van der Waals surface area contributed by atoms with E-state index in [2.05, 4.69) is 9.72 Å². The van der Waals surface area contributed by atoms with Gasteiger partial charge in [-0.1, -0.05) is 0 Å². The van der Waals surface area contributed by atoms with Gasteiger partial charge in [0.1, 0.15) is 0 Å². The largest absolute Gasteiger partial charge is 0.478 e. The monoisotopic (exact) mass is 226 g/mol. The molecule has 0 unspecified atom stereocenters. The molecule has 0 aromatic carbocycles. The second-order valence-corrected chi connectivity index (χ2v) is 3.03. The third-order valence-electron chi connectivity index (χ3n) is 1.87. The van der Waals surface area contributed by atoms with Crippen LogP contribution in [0.5, 0.6) is 5.88 Å². The molecule has 0 spiro atoms. The molecule has 0 amide bonds. The number of methoxy groups -OCH3 is 1. The van der Waals surface area contributed by atoms with Crippen LogP contribution in [0.3, 0.4) is 0 Å². The van der Waals surface area contributed by atoms with Crippen LogP contribution in [-0.4, -0.2) is 36.4 Å². The minimum absolute atomic E-state index is 0.0405. The smallest absolute Gasteiger partial charge is 0.340 e. The van der Waals surface area contributed by atoms with Gasteiger partial charge in [-0.05, 0) is 0 Å². The molecule has 0 aliphatic heterocycles. The Morgan fingerprint density at radius 1 is 1.62 bits per heavy atom. The number of pyridine rings is 1. The fourth-order valence-electron chi connectivity index (χ4n) is 1.05. The van der Waals surface area contributed by atoms with Crippen molar-refractivity contribution >= 4 is 11.7 Å². The molecule has 6 nitrogen and oxygen atoms in total. The maximum absolute atomic E-state index is 11.3. The van der Waals surface area contributed by atoms with Gasteiger partial charge in [-0.15, -0.1) is 0 Å². The number of aromatic nitrogens is 1. The number of nitrogen functional groups attached to an aromatic ring is 1. The first kappa shape index (κ1) is 12.3. The highest BCUT2D eigenvalue weighted by Gasteiger charge is 2.11. The minimum atomic E-state index is -0.535. The molecular weight excluding hydrogens is 212 g/mol. The van der Waals surface area contributed by atoms with Gasteiger partial charge < -0.3 is 20.3 Å². The van der Waals surface area contributed by atoms with E-state index in [1.807, 2.05) is 0 Å². The predicted octanol–water partition coefficient (Wildman–Crippen LogP) is 0.212. The molecular formula is C10H14N2O4. The van der Waals surface area contributed by atoms with Crippen molar-refractivity contribution in [1.82, 2.24) is 4.98 Å². The van der Waals surface area contributed by atoms with E-state index in [0.29, 0.717) is 13.0 Å². The molecule has 6 heteroatoms. The zero-order valence-corrected chi connectivity index (χ0v) is 8.97. The average Bonchev–Trinajstić information content (AvgIpc) is 2.30. The van der Waals surface area contributed by atoms with Gasteiger partial charge in [0.2, 0.25) is 5.88 Å². The van der Waals surface area contributed by atoms with Gasteiger partial charge in [-0.25, -0.2) is 9.78 Å². The van der Waals surface area contributed by atoms with E-state index in [1.165, 1.54) is 19.4 Å². The van der Waals surface area contributed by atoms with E-state index >= 15 is 0 Å². The Hall–Kier alpha value is -1.82. The number of aliphatic hydroxyl groups excluding tert-OH is 1. The van der Waals surface area contributed by atoms with E-state index < -0.39 is 5.97 Å². The Bertz CT molecular complexity index is 368.